The first-order chi connectivity index (χ1) is 9.24. The van der Waals surface area contributed by atoms with Gasteiger partial charge in [0.05, 0.1) is 6.04 Å². The van der Waals surface area contributed by atoms with Gasteiger partial charge < -0.3 is 10.6 Å². The Morgan fingerprint density at radius 1 is 1.26 bits per heavy atom. The molecular formula is C14H19N5. The number of hydrogen-bond donors (Lipinski definition) is 1. The zero-order valence-corrected chi connectivity index (χ0v) is 11.2. The van der Waals surface area contributed by atoms with E-state index in [0.717, 1.165) is 25.9 Å². The van der Waals surface area contributed by atoms with Crippen LogP contribution in [-0.4, -0.2) is 27.9 Å². The van der Waals surface area contributed by atoms with Gasteiger partial charge in [0.15, 0.2) is 0 Å². The highest BCUT2D eigenvalue weighted by Crippen LogP contribution is 2.27. The second kappa shape index (κ2) is 4.91. The maximum atomic E-state index is 5.67. The van der Waals surface area contributed by atoms with Gasteiger partial charge in [-0.25, -0.2) is 0 Å². The van der Waals surface area contributed by atoms with Crippen molar-refractivity contribution in [2.45, 2.75) is 25.8 Å². The Kier molecular flexibility index (Phi) is 3.11. The first-order valence-electron chi connectivity index (χ1n) is 6.70. The summed E-state index contributed by atoms with van der Waals surface area (Å²) in [7, 11) is 0. The number of aromatic nitrogens is 3. The Labute approximate surface area is 113 Å². The summed E-state index contributed by atoms with van der Waals surface area (Å²) in [6.45, 7) is 4.22. The Balaban J connectivity index is 1.68. The number of hydrogen-bond acceptors (Lipinski definition) is 4. The van der Waals surface area contributed by atoms with E-state index in [1.54, 1.807) is 0 Å². The fourth-order valence-electron chi connectivity index (χ4n) is 2.75. The van der Waals surface area contributed by atoms with Crippen molar-refractivity contribution in [1.82, 2.24) is 14.8 Å². The van der Waals surface area contributed by atoms with Gasteiger partial charge in [-0.15, -0.1) is 0 Å². The topological polar surface area (TPSA) is 60.0 Å². The SMILES string of the molecule is Cc1cnccc1N1CCC(n2ccc(N)n2)CC1. The molecule has 2 N–H and O–H groups in total. The average molecular weight is 257 g/mol. The first-order valence-corrected chi connectivity index (χ1v) is 6.70. The molecule has 0 bridgehead atoms. The third-order valence-corrected chi connectivity index (χ3v) is 3.80. The largest absolute Gasteiger partial charge is 0.382 e. The number of rotatable bonds is 2. The number of nitrogens with zero attached hydrogens (tertiary/aromatic N) is 4. The highest BCUT2D eigenvalue weighted by molar-refractivity contribution is 5.51. The molecule has 0 radical (unpaired) electrons. The van der Waals surface area contributed by atoms with Crippen LogP contribution in [0.25, 0.3) is 0 Å². The summed E-state index contributed by atoms with van der Waals surface area (Å²) in [6.07, 6.45) is 7.97. The average Bonchev–Trinajstić information content (AvgIpc) is 2.86. The lowest BCUT2D eigenvalue weighted by Gasteiger charge is -2.34. The summed E-state index contributed by atoms with van der Waals surface area (Å²) in [5.74, 6) is 0.604. The highest BCUT2D eigenvalue weighted by atomic mass is 15.3. The van der Waals surface area contributed by atoms with Crippen molar-refractivity contribution in [2.24, 2.45) is 0 Å². The molecule has 2 aromatic rings. The third-order valence-electron chi connectivity index (χ3n) is 3.80. The smallest absolute Gasteiger partial charge is 0.145 e. The monoisotopic (exact) mass is 257 g/mol. The van der Waals surface area contributed by atoms with E-state index in [0.29, 0.717) is 11.9 Å². The Morgan fingerprint density at radius 2 is 2.05 bits per heavy atom. The normalized spacial score (nSPS) is 16.8. The molecule has 0 saturated carbocycles. The van der Waals surface area contributed by atoms with Crippen LogP contribution in [0.4, 0.5) is 11.5 Å². The number of aryl methyl sites for hydroxylation is 1. The van der Waals surface area contributed by atoms with Crippen molar-refractivity contribution in [1.29, 1.82) is 0 Å². The van der Waals surface area contributed by atoms with E-state index < -0.39 is 0 Å². The lowest BCUT2D eigenvalue weighted by Crippen LogP contribution is -2.35. The lowest BCUT2D eigenvalue weighted by atomic mass is 10.0. The summed E-state index contributed by atoms with van der Waals surface area (Å²) in [6, 6.07) is 4.43. The summed E-state index contributed by atoms with van der Waals surface area (Å²) in [5, 5.41) is 4.32. The van der Waals surface area contributed by atoms with Crippen molar-refractivity contribution in [3.05, 3.63) is 36.3 Å². The summed E-state index contributed by atoms with van der Waals surface area (Å²) >= 11 is 0. The van der Waals surface area contributed by atoms with Gasteiger partial charge in [0.2, 0.25) is 0 Å². The van der Waals surface area contributed by atoms with Gasteiger partial charge in [-0.1, -0.05) is 0 Å². The number of nitrogen functional groups attached to an aromatic ring is 1. The van der Waals surface area contributed by atoms with Gasteiger partial charge in [0.25, 0.3) is 0 Å². The highest BCUT2D eigenvalue weighted by Gasteiger charge is 2.21. The third kappa shape index (κ3) is 2.41. The number of nitrogens with two attached hydrogens (primary N) is 1. The first kappa shape index (κ1) is 12.0. The molecule has 0 atom stereocenters. The molecular weight excluding hydrogens is 238 g/mol. The molecule has 0 aliphatic carbocycles. The second-order valence-corrected chi connectivity index (χ2v) is 5.10. The molecule has 0 unspecified atom stereocenters. The Hall–Kier alpha value is -2.04. The second-order valence-electron chi connectivity index (χ2n) is 5.10. The van der Waals surface area contributed by atoms with Crippen molar-refractivity contribution in [3.8, 4) is 0 Å². The maximum absolute atomic E-state index is 5.67. The van der Waals surface area contributed by atoms with Gasteiger partial charge in [-0.2, -0.15) is 5.10 Å². The summed E-state index contributed by atoms with van der Waals surface area (Å²) in [5.41, 5.74) is 8.21. The number of piperidine rings is 1. The van der Waals surface area contributed by atoms with Crippen molar-refractivity contribution in [3.63, 3.8) is 0 Å². The van der Waals surface area contributed by atoms with Crippen LogP contribution in [0.15, 0.2) is 30.7 Å². The van der Waals surface area contributed by atoms with Gasteiger partial charge in [-0.05, 0) is 37.5 Å². The summed E-state index contributed by atoms with van der Waals surface area (Å²) in [4.78, 5) is 6.58. The molecule has 0 amide bonds. The van der Waals surface area contributed by atoms with Crippen LogP contribution >= 0.6 is 0 Å². The minimum absolute atomic E-state index is 0.468. The van der Waals surface area contributed by atoms with Crippen LogP contribution in [0.2, 0.25) is 0 Å². The fourth-order valence-corrected chi connectivity index (χ4v) is 2.75. The van der Waals surface area contributed by atoms with Crippen LogP contribution in [-0.2, 0) is 0 Å². The van der Waals surface area contributed by atoms with E-state index in [2.05, 4.69) is 28.0 Å². The van der Waals surface area contributed by atoms with Gasteiger partial charge >= 0.3 is 0 Å². The zero-order valence-electron chi connectivity index (χ0n) is 11.2. The van der Waals surface area contributed by atoms with Crippen molar-refractivity contribution >= 4 is 11.5 Å². The molecule has 0 spiro atoms. The molecule has 100 valence electrons. The van der Waals surface area contributed by atoms with Crippen LogP contribution in [0.3, 0.4) is 0 Å². The molecule has 2 aromatic heterocycles. The van der Waals surface area contributed by atoms with Gasteiger partial charge in [0, 0.05) is 37.4 Å². The van der Waals surface area contributed by atoms with E-state index in [1.165, 1.54) is 11.3 Å². The Morgan fingerprint density at radius 3 is 2.68 bits per heavy atom. The lowest BCUT2D eigenvalue weighted by molar-refractivity contribution is 0.367. The molecule has 0 aromatic carbocycles. The molecule has 1 fully saturated rings. The molecule has 19 heavy (non-hydrogen) atoms. The fraction of sp³-hybridized carbons (Fsp3) is 0.429. The van der Waals surface area contributed by atoms with Crippen LogP contribution in [0, 0.1) is 6.92 Å². The zero-order chi connectivity index (χ0) is 13.2. The van der Waals surface area contributed by atoms with Crippen LogP contribution in [0.5, 0.6) is 0 Å². The van der Waals surface area contributed by atoms with E-state index >= 15 is 0 Å². The minimum atomic E-state index is 0.468. The molecule has 5 nitrogen and oxygen atoms in total. The van der Waals surface area contributed by atoms with Crippen LogP contribution in [0.1, 0.15) is 24.4 Å². The molecule has 1 aliphatic rings. The van der Waals surface area contributed by atoms with E-state index in [9.17, 15) is 0 Å². The van der Waals surface area contributed by atoms with Gasteiger partial charge in [-0.3, -0.25) is 9.67 Å². The van der Waals surface area contributed by atoms with Gasteiger partial charge in [0.1, 0.15) is 5.82 Å². The van der Waals surface area contributed by atoms with E-state index in [1.807, 2.05) is 29.3 Å². The molecule has 5 heteroatoms. The number of pyridine rings is 1. The predicted molar refractivity (Wildman–Crippen MR) is 76.1 cm³/mol. The van der Waals surface area contributed by atoms with E-state index in [4.69, 9.17) is 5.73 Å². The van der Waals surface area contributed by atoms with E-state index in [-0.39, 0.29) is 0 Å². The number of anilines is 2. The standard InChI is InChI=1S/C14H19N5/c1-11-10-16-6-2-13(11)18-7-3-12(4-8-18)19-9-5-14(15)17-19/h2,5-6,9-10,12H,3-4,7-8H2,1H3,(H2,15,17). The quantitative estimate of drug-likeness (QED) is 0.894. The van der Waals surface area contributed by atoms with Crippen molar-refractivity contribution in [2.75, 3.05) is 23.7 Å². The molecule has 3 heterocycles. The predicted octanol–water partition coefficient (Wildman–Crippen LogP) is 2.01. The maximum Gasteiger partial charge on any atom is 0.145 e. The Bertz CT molecular complexity index is 554. The molecule has 3 rings (SSSR count). The summed E-state index contributed by atoms with van der Waals surface area (Å²) < 4.78 is 2.01. The van der Waals surface area contributed by atoms with Crippen molar-refractivity contribution < 1.29 is 0 Å². The molecule has 1 saturated heterocycles. The minimum Gasteiger partial charge on any atom is -0.382 e. The van der Waals surface area contributed by atoms with Crippen LogP contribution < -0.4 is 10.6 Å². The molecule has 1 aliphatic heterocycles.